The zero-order chi connectivity index (χ0) is 13.3. The molecule has 1 unspecified atom stereocenters. The van der Waals surface area contributed by atoms with Crippen molar-refractivity contribution >= 4 is 0 Å². The molecule has 0 saturated carbocycles. The molecule has 4 heteroatoms. The second kappa shape index (κ2) is 4.82. The van der Waals surface area contributed by atoms with Crippen molar-refractivity contribution in [3.05, 3.63) is 52.7 Å². The van der Waals surface area contributed by atoms with Crippen molar-refractivity contribution in [2.75, 3.05) is 7.11 Å². The maximum absolute atomic E-state index is 13.8. The summed E-state index contributed by atoms with van der Waals surface area (Å²) in [5.41, 5.74) is 0.788. The predicted octanol–water partition coefficient (Wildman–Crippen LogP) is 3.13. The van der Waals surface area contributed by atoms with Gasteiger partial charge in [0.2, 0.25) is 0 Å². The average molecular weight is 250 g/mol. The Morgan fingerprint density at radius 2 is 1.94 bits per heavy atom. The lowest BCUT2D eigenvalue weighted by atomic mass is 10.0. The quantitative estimate of drug-likeness (QED) is 0.910. The number of rotatable bonds is 3. The van der Waals surface area contributed by atoms with Gasteiger partial charge in [-0.3, -0.25) is 0 Å². The van der Waals surface area contributed by atoms with Gasteiger partial charge in [-0.25, -0.2) is 4.39 Å². The largest absolute Gasteiger partial charge is 0.497 e. The highest BCUT2D eigenvalue weighted by Crippen LogP contribution is 2.30. The van der Waals surface area contributed by atoms with Gasteiger partial charge in [-0.1, -0.05) is 0 Å². The van der Waals surface area contributed by atoms with Crippen LogP contribution in [0.3, 0.4) is 0 Å². The van der Waals surface area contributed by atoms with E-state index in [1.807, 2.05) is 0 Å². The van der Waals surface area contributed by atoms with Crippen molar-refractivity contribution < 1.29 is 18.7 Å². The maximum Gasteiger partial charge on any atom is 0.133 e. The second-order valence-corrected chi connectivity index (χ2v) is 4.16. The summed E-state index contributed by atoms with van der Waals surface area (Å²) in [6, 6.07) is 6.09. The minimum absolute atomic E-state index is 0.208. The number of benzene rings is 1. The molecular formula is C14H15FO3. The number of hydrogen-bond donors (Lipinski definition) is 1. The van der Waals surface area contributed by atoms with Crippen molar-refractivity contribution in [3.8, 4) is 5.75 Å². The predicted molar refractivity (Wildman–Crippen MR) is 65.2 cm³/mol. The summed E-state index contributed by atoms with van der Waals surface area (Å²) >= 11 is 0. The molecule has 0 aliphatic carbocycles. The first-order valence-electron chi connectivity index (χ1n) is 5.61. The third-order valence-corrected chi connectivity index (χ3v) is 2.88. The van der Waals surface area contributed by atoms with E-state index < -0.39 is 11.9 Å². The zero-order valence-corrected chi connectivity index (χ0v) is 10.5. The SMILES string of the molecule is COc1ccc(C(O)c2cc(C)oc2C)c(F)c1. The van der Waals surface area contributed by atoms with Crippen LogP contribution in [-0.4, -0.2) is 12.2 Å². The maximum atomic E-state index is 13.8. The molecule has 0 saturated heterocycles. The number of hydrogen-bond acceptors (Lipinski definition) is 3. The molecule has 0 amide bonds. The summed E-state index contributed by atoms with van der Waals surface area (Å²) in [5, 5.41) is 10.2. The van der Waals surface area contributed by atoms with Crippen LogP contribution >= 0.6 is 0 Å². The molecule has 0 spiro atoms. The molecule has 1 atom stereocenters. The fourth-order valence-corrected chi connectivity index (χ4v) is 1.95. The zero-order valence-electron chi connectivity index (χ0n) is 10.5. The van der Waals surface area contributed by atoms with Crippen molar-refractivity contribution in [3.63, 3.8) is 0 Å². The van der Waals surface area contributed by atoms with Crippen molar-refractivity contribution in [1.82, 2.24) is 0 Å². The Morgan fingerprint density at radius 1 is 1.22 bits per heavy atom. The number of furan rings is 1. The summed E-state index contributed by atoms with van der Waals surface area (Å²) in [6.07, 6.45) is -1.03. The van der Waals surface area contributed by atoms with Crippen LogP contribution in [0.4, 0.5) is 4.39 Å². The summed E-state index contributed by atoms with van der Waals surface area (Å²) in [7, 11) is 1.47. The number of aryl methyl sites for hydroxylation is 2. The minimum Gasteiger partial charge on any atom is -0.497 e. The molecular weight excluding hydrogens is 235 g/mol. The monoisotopic (exact) mass is 250 g/mol. The Bertz CT molecular complexity index is 560. The Balaban J connectivity index is 2.39. The molecule has 1 heterocycles. The van der Waals surface area contributed by atoms with Crippen LogP contribution in [0.15, 0.2) is 28.7 Å². The Morgan fingerprint density at radius 3 is 2.44 bits per heavy atom. The first-order valence-corrected chi connectivity index (χ1v) is 5.61. The number of halogens is 1. The fourth-order valence-electron chi connectivity index (χ4n) is 1.95. The van der Waals surface area contributed by atoms with Gasteiger partial charge in [0.15, 0.2) is 0 Å². The van der Waals surface area contributed by atoms with Crippen molar-refractivity contribution in [2.24, 2.45) is 0 Å². The van der Waals surface area contributed by atoms with Gasteiger partial charge in [-0.05, 0) is 32.0 Å². The lowest BCUT2D eigenvalue weighted by Gasteiger charge is -2.12. The van der Waals surface area contributed by atoms with Gasteiger partial charge in [0.05, 0.1) is 7.11 Å². The van der Waals surface area contributed by atoms with E-state index in [2.05, 4.69) is 0 Å². The molecule has 0 fully saturated rings. The molecule has 1 aromatic carbocycles. The minimum atomic E-state index is -1.03. The van der Waals surface area contributed by atoms with Gasteiger partial charge >= 0.3 is 0 Å². The van der Waals surface area contributed by atoms with Gasteiger partial charge in [0.25, 0.3) is 0 Å². The molecule has 2 rings (SSSR count). The summed E-state index contributed by atoms with van der Waals surface area (Å²) in [6.45, 7) is 3.53. The van der Waals surface area contributed by atoms with Gasteiger partial charge in [-0.2, -0.15) is 0 Å². The van der Waals surface area contributed by atoms with Gasteiger partial charge in [0.1, 0.15) is 29.2 Å². The lowest BCUT2D eigenvalue weighted by Crippen LogP contribution is -2.03. The van der Waals surface area contributed by atoms with E-state index in [9.17, 15) is 9.50 Å². The van der Waals surface area contributed by atoms with E-state index in [1.165, 1.54) is 19.2 Å². The molecule has 0 bridgehead atoms. The van der Waals surface area contributed by atoms with E-state index in [4.69, 9.17) is 9.15 Å². The number of aliphatic hydroxyl groups is 1. The Hall–Kier alpha value is -1.81. The van der Waals surface area contributed by atoms with Crippen molar-refractivity contribution in [2.45, 2.75) is 20.0 Å². The van der Waals surface area contributed by atoms with E-state index in [1.54, 1.807) is 26.0 Å². The van der Waals surface area contributed by atoms with Crippen LogP contribution in [0.1, 0.15) is 28.8 Å². The molecule has 2 aromatic rings. The first-order chi connectivity index (χ1) is 8.52. The van der Waals surface area contributed by atoms with Crippen molar-refractivity contribution in [1.29, 1.82) is 0 Å². The van der Waals surface area contributed by atoms with Crippen LogP contribution in [0.25, 0.3) is 0 Å². The van der Waals surface area contributed by atoms with Crippen LogP contribution < -0.4 is 4.74 Å². The number of ether oxygens (including phenoxy) is 1. The van der Waals surface area contributed by atoms with E-state index in [-0.39, 0.29) is 5.56 Å². The molecule has 1 aromatic heterocycles. The fraction of sp³-hybridized carbons (Fsp3) is 0.286. The average Bonchev–Trinajstić information content (AvgIpc) is 2.67. The number of methoxy groups -OCH3 is 1. The highest BCUT2D eigenvalue weighted by Gasteiger charge is 2.20. The molecule has 0 aliphatic rings. The second-order valence-electron chi connectivity index (χ2n) is 4.16. The highest BCUT2D eigenvalue weighted by molar-refractivity contribution is 5.36. The van der Waals surface area contributed by atoms with E-state index in [0.29, 0.717) is 22.8 Å². The van der Waals surface area contributed by atoms with Crippen LogP contribution in [0.5, 0.6) is 5.75 Å². The van der Waals surface area contributed by atoms with Gasteiger partial charge in [0, 0.05) is 17.2 Å². The van der Waals surface area contributed by atoms with E-state index >= 15 is 0 Å². The topological polar surface area (TPSA) is 42.6 Å². The lowest BCUT2D eigenvalue weighted by molar-refractivity contribution is 0.212. The van der Waals surface area contributed by atoms with Crippen LogP contribution in [0, 0.1) is 19.7 Å². The molecule has 3 nitrogen and oxygen atoms in total. The Labute approximate surface area is 105 Å². The Kier molecular flexibility index (Phi) is 3.39. The molecule has 1 N–H and O–H groups in total. The summed E-state index contributed by atoms with van der Waals surface area (Å²) < 4.78 is 24.1. The molecule has 96 valence electrons. The molecule has 18 heavy (non-hydrogen) atoms. The summed E-state index contributed by atoms with van der Waals surface area (Å²) in [4.78, 5) is 0. The van der Waals surface area contributed by atoms with Crippen LogP contribution in [0.2, 0.25) is 0 Å². The highest BCUT2D eigenvalue weighted by atomic mass is 19.1. The van der Waals surface area contributed by atoms with Crippen LogP contribution in [-0.2, 0) is 0 Å². The first kappa shape index (κ1) is 12.6. The third-order valence-electron chi connectivity index (χ3n) is 2.88. The number of aliphatic hydroxyl groups excluding tert-OH is 1. The van der Waals surface area contributed by atoms with Gasteiger partial charge in [-0.15, -0.1) is 0 Å². The smallest absolute Gasteiger partial charge is 0.133 e. The van der Waals surface area contributed by atoms with E-state index in [0.717, 1.165) is 0 Å². The summed E-state index contributed by atoms with van der Waals surface area (Å²) in [5.74, 6) is 1.20. The van der Waals surface area contributed by atoms with Gasteiger partial charge < -0.3 is 14.3 Å². The normalized spacial score (nSPS) is 12.5. The molecule has 0 radical (unpaired) electrons. The molecule has 0 aliphatic heterocycles. The third kappa shape index (κ3) is 2.24. The standard InChI is InChI=1S/C14H15FO3/c1-8-6-12(9(2)18-8)14(16)11-5-4-10(17-3)7-13(11)15/h4-7,14,16H,1-3H3.